The van der Waals surface area contributed by atoms with Crippen LogP contribution in [0.1, 0.15) is 50.9 Å². The number of benzene rings is 1. The number of hydrogen-bond acceptors (Lipinski definition) is 6. The van der Waals surface area contributed by atoms with Crippen LogP contribution in [0.3, 0.4) is 0 Å². The molecule has 1 aromatic carbocycles. The average molecular weight is 473 g/mol. The molecule has 1 amide bonds. The number of aryl methyl sites for hydroxylation is 1. The number of carbonyl (C=O) groups excluding carboxylic acids is 1. The van der Waals surface area contributed by atoms with Gasteiger partial charge >= 0.3 is 0 Å². The summed E-state index contributed by atoms with van der Waals surface area (Å²) >= 11 is 1.50. The number of thioether (sulfide) groups is 1. The lowest BCUT2D eigenvalue weighted by Gasteiger charge is -2.45. The van der Waals surface area contributed by atoms with E-state index in [-0.39, 0.29) is 35.6 Å². The Morgan fingerprint density at radius 1 is 1.24 bits per heavy atom. The van der Waals surface area contributed by atoms with Crippen molar-refractivity contribution in [2.45, 2.75) is 76.1 Å². The maximum absolute atomic E-state index is 12.6. The number of aromatic amines is 1. The van der Waals surface area contributed by atoms with Crippen LogP contribution in [0, 0.1) is 6.92 Å². The fourth-order valence-electron chi connectivity index (χ4n) is 4.10. The van der Waals surface area contributed by atoms with Crippen LogP contribution in [0.5, 0.6) is 0 Å². The molecule has 0 aliphatic carbocycles. The summed E-state index contributed by atoms with van der Waals surface area (Å²) in [7, 11) is 0. The van der Waals surface area contributed by atoms with Crippen molar-refractivity contribution in [2.24, 2.45) is 0 Å². The average Bonchev–Trinajstić information content (AvgIpc) is 2.76. The third-order valence-electron chi connectivity index (χ3n) is 6.01. The van der Waals surface area contributed by atoms with Crippen molar-refractivity contribution in [2.75, 3.05) is 19.6 Å². The Hall–Kier alpha value is -2.16. The zero-order chi connectivity index (χ0) is 24.0. The summed E-state index contributed by atoms with van der Waals surface area (Å²) in [6, 6.07) is 10.1. The van der Waals surface area contributed by atoms with Crippen LogP contribution in [0.25, 0.3) is 0 Å². The molecule has 0 spiro atoms. The second kappa shape index (κ2) is 11.3. The van der Waals surface area contributed by atoms with Gasteiger partial charge in [-0.05, 0) is 46.6 Å². The molecule has 1 aliphatic heterocycles. The van der Waals surface area contributed by atoms with Gasteiger partial charge in [0.15, 0.2) is 5.16 Å². The predicted molar refractivity (Wildman–Crippen MR) is 133 cm³/mol. The van der Waals surface area contributed by atoms with Crippen molar-refractivity contribution in [1.29, 1.82) is 0 Å². The Morgan fingerprint density at radius 3 is 2.55 bits per heavy atom. The second-order valence-corrected chi connectivity index (χ2v) is 10.4. The second-order valence-electron chi connectivity index (χ2n) is 9.46. The minimum atomic E-state index is -0.172. The predicted octanol–water partition coefficient (Wildman–Crippen LogP) is 3.31. The highest BCUT2D eigenvalue weighted by Crippen LogP contribution is 2.21. The first kappa shape index (κ1) is 25.5. The maximum Gasteiger partial charge on any atom is 0.254 e. The molecule has 1 aliphatic rings. The van der Waals surface area contributed by atoms with Gasteiger partial charge in [0.1, 0.15) is 0 Å². The summed E-state index contributed by atoms with van der Waals surface area (Å²) in [6.45, 7) is 12.5. The highest BCUT2D eigenvalue weighted by molar-refractivity contribution is 7.98. The van der Waals surface area contributed by atoms with E-state index in [0.717, 1.165) is 18.8 Å². The van der Waals surface area contributed by atoms with Gasteiger partial charge in [-0.25, -0.2) is 4.98 Å². The Balaban J connectivity index is 1.50. The number of H-pyrrole nitrogens is 1. The summed E-state index contributed by atoms with van der Waals surface area (Å²) in [5, 5.41) is 3.65. The lowest BCUT2D eigenvalue weighted by Crippen LogP contribution is -2.58. The number of morpholine rings is 1. The third-order valence-corrected chi connectivity index (χ3v) is 6.96. The zero-order valence-electron chi connectivity index (χ0n) is 20.3. The molecule has 3 rings (SSSR count). The molecule has 180 valence electrons. The molecule has 0 saturated carbocycles. The fourth-order valence-corrected chi connectivity index (χ4v) is 4.96. The molecular formula is C25H36N4O3S. The highest BCUT2D eigenvalue weighted by Gasteiger charge is 2.33. The normalized spacial score (nSPS) is 19.4. The van der Waals surface area contributed by atoms with Crippen LogP contribution in [0.15, 0.2) is 40.3 Å². The van der Waals surface area contributed by atoms with Gasteiger partial charge < -0.3 is 15.0 Å². The number of amides is 1. The number of nitrogens with one attached hydrogen (secondary N) is 2. The first-order valence-corrected chi connectivity index (χ1v) is 12.6. The molecule has 7 nitrogen and oxygen atoms in total. The van der Waals surface area contributed by atoms with E-state index in [1.165, 1.54) is 17.3 Å². The largest absolute Gasteiger partial charge is 0.373 e. The molecule has 0 unspecified atom stereocenters. The smallest absolute Gasteiger partial charge is 0.254 e. The van der Waals surface area contributed by atoms with Gasteiger partial charge in [-0.15, -0.1) is 0 Å². The SMILES string of the molecule is Cc1nc(SCc2ccccc2)[nH]c(=O)c1CCC(=O)NCC(C)(C)N1C[C@@H](C)O[C@H](C)C1. The van der Waals surface area contributed by atoms with Crippen molar-refractivity contribution in [1.82, 2.24) is 20.2 Å². The lowest BCUT2D eigenvalue weighted by molar-refractivity contribution is -0.122. The molecule has 0 bridgehead atoms. The summed E-state index contributed by atoms with van der Waals surface area (Å²) in [4.78, 5) is 34.9. The molecule has 0 radical (unpaired) electrons. The van der Waals surface area contributed by atoms with Crippen molar-refractivity contribution in [3.05, 3.63) is 57.5 Å². The fraction of sp³-hybridized carbons (Fsp3) is 0.560. The van der Waals surface area contributed by atoms with E-state index >= 15 is 0 Å². The molecular weight excluding hydrogens is 436 g/mol. The van der Waals surface area contributed by atoms with E-state index in [9.17, 15) is 9.59 Å². The van der Waals surface area contributed by atoms with Crippen LogP contribution >= 0.6 is 11.8 Å². The van der Waals surface area contributed by atoms with Gasteiger partial charge in [0, 0.05) is 48.6 Å². The number of carbonyl (C=O) groups is 1. The number of aromatic nitrogens is 2. The topological polar surface area (TPSA) is 87.3 Å². The minimum absolute atomic E-state index is 0.0567. The highest BCUT2D eigenvalue weighted by atomic mass is 32.2. The molecule has 2 aromatic rings. The van der Waals surface area contributed by atoms with Gasteiger partial charge in [-0.3, -0.25) is 14.5 Å². The van der Waals surface area contributed by atoms with Crippen LogP contribution in [0.4, 0.5) is 0 Å². The first-order valence-electron chi connectivity index (χ1n) is 11.6. The van der Waals surface area contributed by atoms with Gasteiger partial charge in [-0.1, -0.05) is 42.1 Å². The van der Waals surface area contributed by atoms with E-state index in [0.29, 0.717) is 29.4 Å². The Bertz CT molecular complexity index is 983. The van der Waals surface area contributed by atoms with E-state index in [1.54, 1.807) is 0 Å². The molecule has 33 heavy (non-hydrogen) atoms. The number of nitrogens with zero attached hydrogens (tertiary/aromatic N) is 2. The molecule has 1 fully saturated rings. The molecule has 2 heterocycles. The summed E-state index contributed by atoms with van der Waals surface area (Å²) < 4.78 is 5.82. The Kier molecular flexibility index (Phi) is 8.73. The Labute approximate surface area is 200 Å². The minimum Gasteiger partial charge on any atom is -0.373 e. The van der Waals surface area contributed by atoms with Crippen LogP contribution in [-0.4, -0.2) is 58.2 Å². The van der Waals surface area contributed by atoms with Crippen molar-refractivity contribution in [3.63, 3.8) is 0 Å². The van der Waals surface area contributed by atoms with E-state index in [4.69, 9.17) is 4.74 Å². The van der Waals surface area contributed by atoms with E-state index in [2.05, 4.69) is 47.9 Å². The monoisotopic (exact) mass is 472 g/mol. The molecule has 2 atom stereocenters. The van der Waals surface area contributed by atoms with Crippen molar-refractivity contribution in [3.8, 4) is 0 Å². The standard InChI is InChI=1S/C25H36N4O3S/c1-17-13-29(14-18(2)32-17)25(4,5)16-26-22(30)12-11-21-19(3)27-24(28-23(21)31)33-15-20-9-7-6-8-10-20/h6-10,17-18H,11-16H2,1-5H3,(H,26,30)(H,27,28,31)/t17-,18-/m1/s1. The molecule has 1 saturated heterocycles. The number of rotatable bonds is 9. The first-order chi connectivity index (χ1) is 15.6. The van der Waals surface area contributed by atoms with Crippen LogP contribution in [-0.2, 0) is 21.7 Å². The van der Waals surface area contributed by atoms with Gasteiger partial charge in [0.25, 0.3) is 5.56 Å². The number of ether oxygens (including phenoxy) is 1. The van der Waals surface area contributed by atoms with Crippen LogP contribution < -0.4 is 10.9 Å². The summed E-state index contributed by atoms with van der Waals surface area (Å²) in [6.07, 6.45) is 0.989. The van der Waals surface area contributed by atoms with Crippen LogP contribution in [0.2, 0.25) is 0 Å². The van der Waals surface area contributed by atoms with Gasteiger partial charge in [0.2, 0.25) is 5.91 Å². The maximum atomic E-state index is 12.6. The van der Waals surface area contributed by atoms with E-state index in [1.807, 2.05) is 37.3 Å². The van der Waals surface area contributed by atoms with Gasteiger partial charge in [0.05, 0.1) is 12.2 Å². The van der Waals surface area contributed by atoms with E-state index < -0.39 is 0 Å². The molecule has 8 heteroatoms. The lowest BCUT2D eigenvalue weighted by atomic mass is 10.00. The van der Waals surface area contributed by atoms with Crippen molar-refractivity contribution >= 4 is 17.7 Å². The Morgan fingerprint density at radius 2 is 1.91 bits per heavy atom. The van der Waals surface area contributed by atoms with Gasteiger partial charge in [-0.2, -0.15) is 0 Å². The molecule has 2 N–H and O–H groups in total. The number of hydrogen-bond donors (Lipinski definition) is 2. The summed E-state index contributed by atoms with van der Waals surface area (Å²) in [5.41, 5.74) is 2.09. The third kappa shape index (κ3) is 7.42. The quantitative estimate of drug-likeness (QED) is 0.430. The summed E-state index contributed by atoms with van der Waals surface area (Å²) in [5.74, 6) is 0.681. The molecule has 1 aromatic heterocycles. The zero-order valence-corrected chi connectivity index (χ0v) is 21.1. The van der Waals surface area contributed by atoms with Crippen molar-refractivity contribution < 1.29 is 9.53 Å².